The van der Waals surface area contributed by atoms with Crippen LogP contribution in [-0.2, 0) is 11.2 Å². The maximum absolute atomic E-state index is 14.7. The second kappa shape index (κ2) is 8.20. The number of aromatic nitrogens is 1. The maximum atomic E-state index is 14.7. The van der Waals surface area contributed by atoms with Crippen LogP contribution in [0, 0.1) is 5.82 Å². The minimum atomic E-state index is -1.18. The van der Waals surface area contributed by atoms with Crippen molar-refractivity contribution in [2.75, 3.05) is 5.32 Å². The highest BCUT2D eigenvalue weighted by atomic mass is 35.5. The summed E-state index contributed by atoms with van der Waals surface area (Å²) in [6.07, 6.45) is 0. The van der Waals surface area contributed by atoms with Gasteiger partial charge in [-0.2, -0.15) is 0 Å². The molecule has 6 nitrogen and oxygen atoms in total. The van der Waals surface area contributed by atoms with Crippen molar-refractivity contribution in [2.24, 2.45) is 5.73 Å². The Morgan fingerprint density at radius 3 is 2.32 bits per heavy atom. The molecule has 2 heterocycles. The second-order valence-corrected chi connectivity index (χ2v) is 9.60. The van der Waals surface area contributed by atoms with E-state index in [0.717, 1.165) is 11.3 Å². The van der Waals surface area contributed by atoms with Gasteiger partial charge in [0.05, 0.1) is 16.8 Å². The van der Waals surface area contributed by atoms with E-state index in [2.05, 4.69) is 10.3 Å². The van der Waals surface area contributed by atoms with E-state index in [0.29, 0.717) is 26.8 Å². The van der Waals surface area contributed by atoms with Crippen LogP contribution in [0.25, 0.3) is 10.4 Å². The van der Waals surface area contributed by atoms with Crippen molar-refractivity contribution < 1.29 is 19.4 Å². The molecule has 0 bridgehead atoms. The van der Waals surface area contributed by atoms with Crippen LogP contribution in [0.5, 0.6) is 0 Å². The van der Waals surface area contributed by atoms with Gasteiger partial charge in [-0.3, -0.25) is 4.79 Å². The number of hydrogen-bond donors (Lipinski definition) is 4. The minimum absolute atomic E-state index is 0.114. The number of primary amides is 1. The molecule has 1 amide bonds. The van der Waals surface area contributed by atoms with E-state index in [-0.39, 0.29) is 16.3 Å². The number of hydrogen-bond acceptors (Lipinski definition) is 6. The smallest absolute Gasteiger partial charge is 0.251 e. The number of carbonyl (C=O) groups excluding carboxylic acids is 1. The monoisotopic (exact) mass is 463 g/mol. The van der Waals surface area contributed by atoms with Crippen LogP contribution in [0.1, 0.15) is 49.2 Å². The predicted molar refractivity (Wildman–Crippen MR) is 121 cm³/mol. The summed E-state index contributed by atoms with van der Waals surface area (Å²) in [5.74, 6) is -0.872. The second-order valence-electron chi connectivity index (χ2n) is 8.19. The van der Waals surface area contributed by atoms with Gasteiger partial charge in [0.15, 0.2) is 0 Å². The number of thiophene rings is 1. The molecule has 0 spiro atoms. The standard InChI is InChI=1S/C22H23ClFN3O3S/c1-21(2,29)11-5-6-12(15(24)9-11)16-10-13(19(25)28)20(31-16)27-17-8-7-14(18(23)26-17)22(3,4)30/h5-10,29-30H,1-4H3,(H2,25,28)(H,26,27). The number of pyridine rings is 1. The summed E-state index contributed by atoms with van der Waals surface area (Å²) in [6.45, 7) is 6.33. The van der Waals surface area contributed by atoms with E-state index < -0.39 is 22.9 Å². The molecular formula is C22H23ClFN3O3S. The number of anilines is 2. The lowest BCUT2D eigenvalue weighted by molar-refractivity contribution is 0.0777. The maximum Gasteiger partial charge on any atom is 0.251 e. The largest absolute Gasteiger partial charge is 0.386 e. The Morgan fingerprint density at radius 1 is 1.13 bits per heavy atom. The summed E-state index contributed by atoms with van der Waals surface area (Å²) in [6, 6.07) is 9.20. The lowest BCUT2D eigenvalue weighted by Crippen LogP contribution is -2.17. The van der Waals surface area contributed by atoms with E-state index in [4.69, 9.17) is 17.3 Å². The Morgan fingerprint density at radius 2 is 1.81 bits per heavy atom. The van der Waals surface area contributed by atoms with Crippen LogP contribution < -0.4 is 11.1 Å². The number of nitrogens with zero attached hydrogens (tertiary/aromatic N) is 1. The van der Waals surface area contributed by atoms with Crippen LogP contribution in [0.15, 0.2) is 36.4 Å². The first kappa shape index (κ1) is 23.1. The van der Waals surface area contributed by atoms with Crippen molar-refractivity contribution in [3.63, 3.8) is 0 Å². The molecule has 31 heavy (non-hydrogen) atoms. The average Bonchev–Trinajstić information content (AvgIpc) is 3.03. The quantitative estimate of drug-likeness (QED) is 0.389. The van der Waals surface area contributed by atoms with Crippen LogP contribution in [0.4, 0.5) is 15.2 Å². The summed E-state index contributed by atoms with van der Waals surface area (Å²) in [4.78, 5) is 16.7. The molecule has 0 aliphatic carbocycles. The van der Waals surface area contributed by atoms with Crippen LogP contribution >= 0.6 is 22.9 Å². The Balaban J connectivity index is 1.99. The summed E-state index contributed by atoms with van der Waals surface area (Å²) >= 11 is 7.32. The molecule has 1 aromatic carbocycles. The number of rotatable bonds is 6. The van der Waals surface area contributed by atoms with Gasteiger partial charge in [-0.15, -0.1) is 11.3 Å². The molecular weight excluding hydrogens is 441 g/mol. The van der Waals surface area contributed by atoms with Gasteiger partial charge < -0.3 is 21.3 Å². The van der Waals surface area contributed by atoms with Crippen molar-refractivity contribution in [3.05, 3.63) is 64.1 Å². The molecule has 3 rings (SSSR count). The first-order valence-corrected chi connectivity index (χ1v) is 10.6. The molecule has 0 atom stereocenters. The number of aliphatic hydroxyl groups is 2. The van der Waals surface area contributed by atoms with Crippen molar-refractivity contribution in [2.45, 2.75) is 38.9 Å². The highest BCUT2D eigenvalue weighted by Gasteiger charge is 2.23. The predicted octanol–water partition coefficient (Wildman–Crippen LogP) is 4.90. The number of carbonyl (C=O) groups is 1. The van der Waals surface area contributed by atoms with E-state index in [1.54, 1.807) is 52.0 Å². The van der Waals surface area contributed by atoms with Gasteiger partial charge in [0, 0.05) is 16.0 Å². The third kappa shape index (κ3) is 5.04. The van der Waals surface area contributed by atoms with Gasteiger partial charge in [0.2, 0.25) is 0 Å². The molecule has 3 aromatic rings. The number of benzene rings is 1. The Hall–Kier alpha value is -2.52. The topological polar surface area (TPSA) is 108 Å². The zero-order valence-electron chi connectivity index (χ0n) is 17.5. The summed E-state index contributed by atoms with van der Waals surface area (Å²) < 4.78 is 14.7. The molecule has 0 aliphatic heterocycles. The molecule has 0 saturated carbocycles. The van der Waals surface area contributed by atoms with E-state index in [1.807, 2.05) is 0 Å². The summed E-state index contributed by atoms with van der Waals surface area (Å²) in [5.41, 5.74) is 4.51. The molecule has 0 aliphatic rings. The fourth-order valence-electron chi connectivity index (χ4n) is 2.97. The first-order chi connectivity index (χ1) is 14.3. The van der Waals surface area contributed by atoms with E-state index in [1.165, 1.54) is 12.1 Å². The SMILES string of the molecule is CC(C)(O)c1ccc(-c2cc(C(N)=O)c(Nc3ccc(C(C)(C)O)c(Cl)n3)s2)c(F)c1. The number of nitrogens with two attached hydrogens (primary N) is 1. The van der Waals surface area contributed by atoms with E-state index in [9.17, 15) is 19.4 Å². The molecule has 0 radical (unpaired) electrons. The molecule has 9 heteroatoms. The van der Waals surface area contributed by atoms with Crippen LogP contribution in [0.2, 0.25) is 5.15 Å². The van der Waals surface area contributed by atoms with Crippen LogP contribution in [-0.4, -0.2) is 21.1 Å². The van der Waals surface area contributed by atoms with Gasteiger partial charge >= 0.3 is 0 Å². The van der Waals surface area contributed by atoms with Crippen molar-refractivity contribution in [3.8, 4) is 10.4 Å². The normalized spacial score (nSPS) is 12.1. The van der Waals surface area contributed by atoms with Crippen molar-refractivity contribution in [1.29, 1.82) is 0 Å². The minimum Gasteiger partial charge on any atom is -0.386 e. The Bertz CT molecular complexity index is 1150. The first-order valence-electron chi connectivity index (χ1n) is 9.40. The van der Waals surface area contributed by atoms with Gasteiger partial charge in [0.25, 0.3) is 5.91 Å². The Kier molecular flexibility index (Phi) is 6.12. The Labute approximate surface area is 188 Å². The summed E-state index contributed by atoms with van der Waals surface area (Å²) in [7, 11) is 0. The fourth-order valence-corrected chi connectivity index (χ4v) is 4.45. The number of halogens is 2. The molecule has 164 valence electrons. The fraction of sp³-hybridized carbons (Fsp3) is 0.273. The highest BCUT2D eigenvalue weighted by molar-refractivity contribution is 7.20. The van der Waals surface area contributed by atoms with Crippen molar-refractivity contribution in [1.82, 2.24) is 4.98 Å². The lowest BCUT2D eigenvalue weighted by Gasteiger charge is -2.19. The molecule has 0 unspecified atom stereocenters. The average molecular weight is 464 g/mol. The van der Waals surface area contributed by atoms with Gasteiger partial charge in [0.1, 0.15) is 21.8 Å². The number of amides is 1. The molecule has 0 saturated heterocycles. The number of nitrogens with one attached hydrogen (secondary N) is 1. The van der Waals surface area contributed by atoms with Gasteiger partial charge in [-0.1, -0.05) is 23.7 Å². The molecule has 5 N–H and O–H groups in total. The zero-order valence-corrected chi connectivity index (χ0v) is 19.0. The molecule has 0 fully saturated rings. The molecule has 2 aromatic heterocycles. The van der Waals surface area contributed by atoms with Gasteiger partial charge in [-0.25, -0.2) is 9.37 Å². The lowest BCUT2D eigenvalue weighted by atomic mass is 9.96. The third-order valence-corrected chi connectivity index (χ3v) is 6.06. The highest BCUT2D eigenvalue weighted by Crippen LogP contribution is 2.39. The van der Waals surface area contributed by atoms with Gasteiger partial charge in [-0.05, 0) is 57.5 Å². The van der Waals surface area contributed by atoms with Crippen LogP contribution in [0.3, 0.4) is 0 Å². The summed E-state index contributed by atoms with van der Waals surface area (Å²) in [5, 5.41) is 23.7. The van der Waals surface area contributed by atoms with E-state index >= 15 is 0 Å². The zero-order chi connectivity index (χ0) is 23.1. The van der Waals surface area contributed by atoms with Crippen molar-refractivity contribution >= 4 is 39.7 Å². The third-order valence-electron chi connectivity index (χ3n) is 4.69.